The van der Waals surface area contributed by atoms with Crippen molar-refractivity contribution in [2.24, 2.45) is 17.6 Å². The van der Waals surface area contributed by atoms with E-state index >= 15 is 0 Å². The Morgan fingerprint density at radius 2 is 1.94 bits per heavy atom. The second-order valence-corrected chi connectivity index (χ2v) is 5.35. The van der Waals surface area contributed by atoms with Crippen LogP contribution >= 0.6 is 12.4 Å². The van der Waals surface area contributed by atoms with Crippen LogP contribution in [0.5, 0.6) is 0 Å². The van der Waals surface area contributed by atoms with E-state index in [4.69, 9.17) is 5.73 Å². The molecule has 1 amide bonds. The molecular weight excluding hydrogens is 252 g/mol. The molecule has 1 aliphatic rings. The van der Waals surface area contributed by atoms with E-state index in [0.717, 1.165) is 32.2 Å². The van der Waals surface area contributed by atoms with Crippen LogP contribution in [0.2, 0.25) is 0 Å². The van der Waals surface area contributed by atoms with Gasteiger partial charge in [0.15, 0.2) is 0 Å². The Hall–Kier alpha value is -0.320. The number of carbonyl (C=O) groups is 1. The summed E-state index contributed by atoms with van der Waals surface area (Å²) in [6.07, 6.45) is 4.42. The van der Waals surface area contributed by atoms with Crippen LogP contribution in [0.3, 0.4) is 0 Å². The highest BCUT2D eigenvalue weighted by atomic mass is 35.5. The fourth-order valence-electron chi connectivity index (χ4n) is 2.45. The van der Waals surface area contributed by atoms with Crippen molar-refractivity contribution < 1.29 is 9.90 Å². The maximum atomic E-state index is 12.1. The number of nitrogens with two attached hydrogens (primary N) is 1. The molecule has 0 aromatic carbocycles. The number of hydrogen-bond acceptors (Lipinski definition) is 3. The summed E-state index contributed by atoms with van der Waals surface area (Å²) in [5.41, 5.74) is 5.64. The summed E-state index contributed by atoms with van der Waals surface area (Å²) in [5, 5.41) is 9.21. The van der Waals surface area contributed by atoms with Crippen LogP contribution in [0.25, 0.3) is 0 Å². The first-order chi connectivity index (χ1) is 8.04. The molecule has 5 heteroatoms. The van der Waals surface area contributed by atoms with Crippen LogP contribution < -0.4 is 5.73 Å². The van der Waals surface area contributed by atoms with Gasteiger partial charge in [-0.1, -0.05) is 0 Å². The minimum Gasteiger partial charge on any atom is -0.393 e. The second kappa shape index (κ2) is 8.73. The molecule has 0 spiro atoms. The molecule has 0 aliphatic heterocycles. The van der Waals surface area contributed by atoms with E-state index in [2.05, 4.69) is 0 Å². The molecule has 1 saturated carbocycles. The normalized spacial score (nSPS) is 25.1. The highest BCUT2D eigenvalue weighted by molar-refractivity contribution is 5.85. The molecule has 3 N–H and O–H groups in total. The van der Waals surface area contributed by atoms with Gasteiger partial charge in [0, 0.05) is 19.5 Å². The molecule has 1 atom stereocenters. The van der Waals surface area contributed by atoms with Gasteiger partial charge in [-0.15, -0.1) is 12.4 Å². The van der Waals surface area contributed by atoms with E-state index in [-0.39, 0.29) is 30.3 Å². The molecule has 0 aromatic rings. The van der Waals surface area contributed by atoms with Crippen LogP contribution in [0, 0.1) is 11.8 Å². The van der Waals surface area contributed by atoms with Crippen molar-refractivity contribution in [2.75, 3.05) is 20.1 Å². The lowest BCUT2D eigenvalue weighted by molar-refractivity contribution is -0.135. The lowest BCUT2D eigenvalue weighted by Crippen LogP contribution is -2.37. The molecular formula is C13H27ClN2O2. The zero-order valence-electron chi connectivity index (χ0n) is 11.5. The molecule has 4 nitrogen and oxygen atoms in total. The smallest absolute Gasteiger partial charge is 0.225 e. The van der Waals surface area contributed by atoms with Crippen LogP contribution in [-0.2, 0) is 4.79 Å². The molecule has 1 unspecified atom stereocenters. The Morgan fingerprint density at radius 3 is 2.39 bits per heavy atom. The first-order valence-electron chi connectivity index (χ1n) is 6.67. The number of aliphatic hydroxyl groups excluding tert-OH is 1. The predicted octanol–water partition coefficient (Wildman–Crippen LogP) is 1.40. The Balaban J connectivity index is 0.00000289. The molecule has 18 heavy (non-hydrogen) atoms. The van der Waals surface area contributed by atoms with Gasteiger partial charge >= 0.3 is 0 Å². The molecule has 1 rings (SSSR count). The van der Waals surface area contributed by atoms with Gasteiger partial charge in [-0.05, 0) is 51.5 Å². The highest BCUT2D eigenvalue weighted by Crippen LogP contribution is 2.29. The van der Waals surface area contributed by atoms with Crippen molar-refractivity contribution in [3.05, 3.63) is 0 Å². The monoisotopic (exact) mass is 278 g/mol. The third-order valence-corrected chi connectivity index (χ3v) is 3.79. The minimum atomic E-state index is -0.335. The Labute approximate surface area is 116 Å². The Kier molecular flexibility index (Phi) is 8.57. The molecule has 0 radical (unpaired) electrons. The predicted molar refractivity (Wildman–Crippen MR) is 75.7 cm³/mol. The summed E-state index contributed by atoms with van der Waals surface area (Å²) in [6.45, 7) is 3.15. The number of rotatable bonds is 5. The van der Waals surface area contributed by atoms with Crippen molar-refractivity contribution >= 4 is 18.3 Å². The number of amides is 1. The molecule has 0 bridgehead atoms. The third-order valence-electron chi connectivity index (χ3n) is 3.79. The molecule has 1 aliphatic carbocycles. The van der Waals surface area contributed by atoms with Gasteiger partial charge in [-0.25, -0.2) is 0 Å². The SMILES string of the molecule is CC(O)CCN(C)C(=O)C1CCC(CN)CC1.Cl. The quantitative estimate of drug-likeness (QED) is 0.799. The lowest BCUT2D eigenvalue weighted by atomic mass is 9.81. The largest absolute Gasteiger partial charge is 0.393 e. The summed E-state index contributed by atoms with van der Waals surface area (Å²) in [5.74, 6) is 1.03. The average Bonchev–Trinajstić information content (AvgIpc) is 2.35. The van der Waals surface area contributed by atoms with Crippen LogP contribution in [0.1, 0.15) is 39.0 Å². The fourth-order valence-corrected chi connectivity index (χ4v) is 2.45. The van der Waals surface area contributed by atoms with Crippen molar-refractivity contribution in [1.29, 1.82) is 0 Å². The van der Waals surface area contributed by atoms with Crippen molar-refractivity contribution in [1.82, 2.24) is 4.90 Å². The van der Waals surface area contributed by atoms with Gasteiger partial charge in [0.25, 0.3) is 0 Å². The summed E-state index contributed by atoms with van der Waals surface area (Å²) < 4.78 is 0. The number of hydrogen-bond donors (Lipinski definition) is 2. The molecule has 108 valence electrons. The topological polar surface area (TPSA) is 66.6 Å². The van der Waals surface area contributed by atoms with E-state index in [9.17, 15) is 9.90 Å². The maximum Gasteiger partial charge on any atom is 0.225 e. The number of halogens is 1. The Morgan fingerprint density at radius 1 is 1.39 bits per heavy atom. The van der Waals surface area contributed by atoms with E-state index in [1.807, 2.05) is 7.05 Å². The lowest BCUT2D eigenvalue weighted by Gasteiger charge is -2.30. The number of aliphatic hydroxyl groups is 1. The zero-order chi connectivity index (χ0) is 12.8. The van der Waals surface area contributed by atoms with Crippen LogP contribution in [0.4, 0.5) is 0 Å². The molecule has 1 fully saturated rings. The van der Waals surface area contributed by atoms with Gasteiger partial charge in [0.1, 0.15) is 0 Å². The van der Waals surface area contributed by atoms with E-state index < -0.39 is 0 Å². The third kappa shape index (κ3) is 5.55. The molecule has 0 saturated heterocycles. The van der Waals surface area contributed by atoms with Gasteiger partial charge in [-0.2, -0.15) is 0 Å². The van der Waals surface area contributed by atoms with Gasteiger partial charge in [-0.3, -0.25) is 4.79 Å². The van der Waals surface area contributed by atoms with E-state index in [1.54, 1.807) is 11.8 Å². The second-order valence-electron chi connectivity index (χ2n) is 5.35. The number of nitrogens with zero attached hydrogens (tertiary/aromatic N) is 1. The van der Waals surface area contributed by atoms with Crippen molar-refractivity contribution in [3.63, 3.8) is 0 Å². The summed E-state index contributed by atoms with van der Waals surface area (Å²) >= 11 is 0. The molecule has 0 aromatic heterocycles. The van der Waals surface area contributed by atoms with Crippen molar-refractivity contribution in [2.45, 2.75) is 45.1 Å². The van der Waals surface area contributed by atoms with Crippen LogP contribution in [-0.4, -0.2) is 42.2 Å². The van der Waals surface area contributed by atoms with Crippen LogP contribution in [0.15, 0.2) is 0 Å². The van der Waals surface area contributed by atoms with Gasteiger partial charge in [0.2, 0.25) is 5.91 Å². The highest BCUT2D eigenvalue weighted by Gasteiger charge is 2.27. The first-order valence-corrected chi connectivity index (χ1v) is 6.67. The minimum absolute atomic E-state index is 0. The van der Waals surface area contributed by atoms with E-state index in [1.165, 1.54) is 0 Å². The first kappa shape index (κ1) is 17.7. The average molecular weight is 279 g/mol. The zero-order valence-corrected chi connectivity index (χ0v) is 12.3. The van der Waals surface area contributed by atoms with Gasteiger partial charge < -0.3 is 15.7 Å². The maximum absolute atomic E-state index is 12.1. The summed E-state index contributed by atoms with van der Waals surface area (Å²) in [4.78, 5) is 13.9. The van der Waals surface area contributed by atoms with Crippen molar-refractivity contribution in [3.8, 4) is 0 Å². The van der Waals surface area contributed by atoms with E-state index in [0.29, 0.717) is 18.9 Å². The standard InChI is InChI=1S/C13H26N2O2.ClH/c1-10(16)7-8-15(2)13(17)12-5-3-11(9-14)4-6-12;/h10-12,16H,3-9,14H2,1-2H3;1H. The summed E-state index contributed by atoms with van der Waals surface area (Å²) in [7, 11) is 1.83. The summed E-state index contributed by atoms with van der Waals surface area (Å²) in [6, 6.07) is 0. The Bertz CT molecular complexity index is 241. The fraction of sp³-hybridized carbons (Fsp3) is 0.923. The van der Waals surface area contributed by atoms with Gasteiger partial charge in [0.05, 0.1) is 6.10 Å². The molecule has 0 heterocycles. The number of carbonyl (C=O) groups excluding carboxylic acids is 1.